The second kappa shape index (κ2) is 7.45. The Kier molecular flexibility index (Phi) is 5.87. The monoisotopic (exact) mass is 307 g/mol. The van der Waals surface area contributed by atoms with E-state index in [1.165, 1.54) is 17.7 Å². The summed E-state index contributed by atoms with van der Waals surface area (Å²) >= 11 is 0. The number of nitrogens with one attached hydrogen (secondary N) is 2. The zero-order valence-electron chi connectivity index (χ0n) is 12.2. The first kappa shape index (κ1) is 16.5. The molecule has 122 valence electrons. The Bertz CT molecular complexity index is 343. The summed E-state index contributed by atoms with van der Waals surface area (Å²) in [5.41, 5.74) is 0. The molecule has 1 saturated heterocycles. The van der Waals surface area contributed by atoms with E-state index >= 15 is 0 Å². The number of likely N-dealkylation sites (tertiary alicyclic amines) is 1. The molecule has 2 rings (SSSR count). The maximum atomic E-state index is 12.3. The number of halogens is 3. The molecule has 0 aromatic heterocycles. The summed E-state index contributed by atoms with van der Waals surface area (Å²) in [4.78, 5) is 13.1. The van der Waals surface area contributed by atoms with Gasteiger partial charge < -0.3 is 10.6 Å². The molecule has 1 aliphatic heterocycles. The number of alkyl halides is 3. The lowest BCUT2D eigenvalue weighted by molar-refractivity contribution is -0.143. The molecular weight excluding hydrogens is 283 g/mol. The number of hydrogen-bond donors (Lipinski definition) is 2. The van der Waals surface area contributed by atoms with Crippen molar-refractivity contribution >= 4 is 5.91 Å². The van der Waals surface area contributed by atoms with Crippen molar-refractivity contribution in [3.8, 4) is 0 Å². The van der Waals surface area contributed by atoms with Gasteiger partial charge in [-0.15, -0.1) is 0 Å². The van der Waals surface area contributed by atoms with Gasteiger partial charge in [0.15, 0.2) is 0 Å². The lowest BCUT2D eigenvalue weighted by atomic mass is 10.1. The molecule has 1 atom stereocenters. The summed E-state index contributed by atoms with van der Waals surface area (Å²) in [6, 6.07) is 0.449. The van der Waals surface area contributed by atoms with Crippen molar-refractivity contribution in [2.75, 3.05) is 32.7 Å². The fraction of sp³-hybridized carbons (Fsp3) is 0.929. The number of hydrogen-bond acceptors (Lipinski definition) is 3. The van der Waals surface area contributed by atoms with E-state index in [4.69, 9.17) is 0 Å². The van der Waals surface area contributed by atoms with Gasteiger partial charge in [0.2, 0.25) is 5.91 Å². The Morgan fingerprint density at radius 1 is 1.19 bits per heavy atom. The van der Waals surface area contributed by atoms with Crippen molar-refractivity contribution in [1.82, 2.24) is 15.5 Å². The lowest BCUT2D eigenvalue weighted by Gasteiger charge is -2.18. The normalized spacial score (nSPS) is 24.6. The Balaban J connectivity index is 1.57. The molecule has 1 heterocycles. The standard InChI is InChI=1S/C14H24F3N3O/c15-14(16,17)10-20-6-5-11(9-20)7-19-13(21)8-18-12-3-1-2-4-12/h11-12,18H,1-10H2,(H,19,21). The zero-order chi connectivity index (χ0) is 15.3. The number of amides is 1. The third-order valence-corrected chi connectivity index (χ3v) is 4.27. The molecule has 1 aliphatic carbocycles. The van der Waals surface area contributed by atoms with Crippen LogP contribution in [0.15, 0.2) is 0 Å². The minimum Gasteiger partial charge on any atom is -0.355 e. The largest absolute Gasteiger partial charge is 0.401 e. The van der Waals surface area contributed by atoms with E-state index in [1.807, 2.05) is 0 Å². The van der Waals surface area contributed by atoms with Crippen LogP contribution in [0.4, 0.5) is 13.2 Å². The van der Waals surface area contributed by atoms with Crippen LogP contribution in [0, 0.1) is 5.92 Å². The molecule has 2 fully saturated rings. The number of nitrogens with zero attached hydrogens (tertiary/aromatic N) is 1. The molecule has 2 N–H and O–H groups in total. The summed E-state index contributed by atoms with van der Waals surface area (Å²) < 4.78 is 36.8. The third-order valence-electron chi connectivity index (χ3n) is 4.27. The Hall–Kier alpha value is -0.820. The molecule has 1 unspecified atom stereocenters. The highest BCUT2D eigenvalue weighted by molar-refractivity contribution is 5.78. The second-order valence-electron chi connectivity index (χ2n) is 6.17. The van der Waals surface area contributed by atoms with Crippen LogP contribution in [-0.2, 0) is 4.79 Å². The summed E-state index contributed by atoms with van der Waals surface area (Å²) in [5, 5.41) is 6.05. The average Bonchev–Trinajstić information content (AvgIpc) is 3.03. The maximum Gasteiger partial charge on any atom is 0.401 e. The molecule has 2 aliphatic rings. The molecule has 0 radical (unpaired) electrons. The first-order chi connectivity index (χ1) is 9.92. The van der Waals surface area contributed by atoms with Gasteiger partial charge in [0.25, 0.3) is 0 Å². The van der Waals surface area contributed by atoms with Gasteiger partial charge in [0.05, 0.1) is 13.1 Å². The number of rotatable bonds is 6. The number of carbonyl (C=O) groups excluding carboxylic acids is 1. The van der Waals surface area contributed by atoms with Crippen molar-refractivity contribution in [2.24, 2.45) is 5.92 Å². The second-order valence-corrected chi connectivity index (χ2v) is 6.17. The molecular formula is C14H24F3N3O. The van der Waals surface area contributed by atoms with Gasteiger partial charge in [0.1, 0.15) is 0 Å². The van der Waals surface area contributed by atoms with Crippen LogP contribution >= 0.6 is 0 Å². The molecule has 1 amide bonds. The van der Waals surface area contributed by atoms with Gasteiger partial charge in [0, 0.05) is 19.1 Å². The van der Waals surface area contributed by atoms with E-state index < -0.39 is 12.7 Å². The van der Waals surface area contributed by atoms with Crippen molar-refractivity contribution in [2.45, 2.75) is 44.3 Å². The Morgan fingerprint density at radius 2 is 1.90 bits per heavy atom. The van der Waals surface area contributed by atoms with E-state index in [0.717, 1.165) is 12.8 Å². The highest BCUT2D eigenvalue weighted by Gasteiger charge is 2.34. The highest BCUT2D eigenvalue weighted by atomic mass is 19.4. The molecule has 7 heteroatoms. The lowest BCUT2D eigenvalue weighted by Crippen LogP contribution is -2.40. The molecule has 0 aromatic rings. The van der Waals surface area contributed by atoms with Crippen molar-refractivity contribution in [1.29, 1.82) is 0 Å². The number of carbonyl (C=O) groups is 1. The Morgan fingerprint density at radius 3 is 2.57 bits per heavy atom. The van der Waals surface area contributed by atoms with Gasteiger partial charge in [-0.2, -0.15) is 13.2 Å². The summed E-state index contributed by atoms with van der Waals surface area (Å²) in [6.45, 7) is 0.806. The van der Waals surface area contributed by atoms with Crippen molar-refractivity contribution in [3.05, 3.63) is 0 Å². The van der Waals surface area contributed by atoms with Gasteiger partial charge in [-0.1, -0.05) is 12.8 Å². The van der Waals surface area contributed by atoms with Crippen LogP contribution in [0.2, 0.25) is 0 Å². The molecule has 0 aromatic carbocycles. The van der Waals surface area contributed by atoms with Crippen LogP contribution in [-0.4, -0.2) is 55.7 Å². The highest BCUT2D eigenvalue weighted by Crippen LogP contribution is 2.22. The molecule has 1 saturated carbocycles. The van der Waals surface area contributed by atoms with Gasteiger partial charge in [-0.3, -0.25) is 9.69 Å². The van der Waals surface area contributed by atoms with Crippen LogP contribution in [0.5, 0.6) is 0 Å². The van der Waals surface area contributed by atoms with Gasteiger partial charge >= 0.3 is 6.18 Å². The smallest absolute Gasteiger partial charge is 0.355 e. The zero-order valence-corrected chi connectivity index (χ0v) is 12.2. The maximum absolute atomic E-state index is 12.3. The van der Waals surface area contributed by atoms with Gasteiger partial charge in [-0.05, 0) is 31.7 Å². The van der Waals surface area contributed by atoms with E-state index in [1.54, 1.807) is 0 Å². The SMILES string of the molecule is O=C(CNC1CCCC1)NCC1CCN(CC(F)(F)F)C1. The van der Waals surface area contributed by atoms with Crippen LogP contribution in [0.3, 0.4) is 0 Å². The summed E-state index contributed by atoms with van der Waals surface area (Å²) in [6.07, 6.45) is 1.27. The summed E-state index contributed by atoms with van der Waals surface area (Å²) in [5.74, 6) is 0.0685. The molecule has 0 bridgehead atoms. The molecule has 21 heavy (non-hydrogen) atoms. The van der Waals surface area contributed by atoms with Crippen LogP contribution in [0.1, 0.15) is 32.1 Å². The van der Waals surface area contributed by atoms with E-state index in [0.29, 0.717) is 38.6 Å². The quantitative estimate of drug-likeness (QED) is 0.782. The Labute approximate surface area is 123 Å². The first-order valence-corrected chi connectivity index (χ1v) is 7.71. The molecule has 4 nitrogen and oxygen atoms in total. The summed E-state index contributed by atoms with van der Waals surface area (Å²) in [7, 11) is 0. The first-order valence-electron chi connectivity index (χ1n) is 7.71. The van der Waals surface area contributed by atoms with Crippen molar-refractivity contribution in [3.63, 3.8) is 0 Å². The van der Waals surface area contributed by atoms with Crippen LogP contribution < -0.4 is 10.6 Å². The average molecular weight is 307 g/mol. The fourth-order valence-corrected chi connectivity index (χ4v) is 3.16. The van der Waals surface area contributed by atoms with E-state index in [9.17, 15) is 18.0 Å². The third kappa shape index (κ3) is 6.22. The fourth-order valence-electron chi connectivity index (χ4n) is 3.16. The molecule has 0 spiro atoms. The predicted molar refractivity (Wildman–Crippen MR) is 73.9 cm³/mol. The topological polar surface area (TPSA) is 44.4 Å². The minimum atomic E-state index is -4.14. The predicted octanol–water partition coefficient (Wildman–Crippen LogP) is 1.52. The van der Waals surface area contributed by atoms with Crippen LogP contribution in [0.25, 0.3) is 0 Å². The van der Waals surface area contributed by atoms with E-state index in [2.05, 4.69) is 10.6 Å². The van der Waals surface area contributed by atoms with Crippen molar-refractivity contribution < 1.29 is 18.0 Å². The van der Waals surface area contributed by atoms with E-state index in [-0.39, 0.29) is 11.8 Å². The minimum absolute atomic E-state index is 0.0591. The van der Waals surface area contributed by atoms with Gasteiger partial charge in [-0.25, -0.2) is 0 Å².